The van der Waals surface area contributed by atoms with Crippen molar-refractivity contribution < 1.29 is 23.9 Å². The van der Waals surface area contributed by atoms with Gasteiger partial charge in [0.15, 0.2) is 0 Å². The molecule has 0 radical (unpaired) electrons. The molecule has 9 heteroatoms. The molecule has 0 spiro atoms. The Balaban J connectivity index is 4.44. The zero-order valence-corrected chi connectivity index (χ0v) is 23.3. The molecule has 0 bridgehead atoms. The van der Waals surface area contributed by atoms with E-state index in [-0.39, 0.29) is 11.9 Å². The molecule has 0 aliphatic rings. The van der Waals surface area contributed by atoms with Gasteiger partial charge in [0.1, 0.15) is 11.2 Å². The molecule has 0 unspecified atom stereocenters. The lowest BCUT2D eigenvalue weighted by molar-refractivity contribution is -0.121. The molecule has 0 rings (SSSR count). The van der Waals surface area contributed by atoms with Crippen LogP contribution in [0, 0.1) is 5.92 Å². The molecule has 0 saturated heterocycles. The molecule has 0 aromatic rings. The lowest BCUT2D eigenvalue weighted by atomic mass is 9.99. The Kier molecular flexibility index (Phi) is 16.0. The van der Waals surface area contributed by atoms with Crippen molar-refractivity contribution >= 4 is 24.1 Å². The minimum absolute atomic E-state index is 0.0368. The van der Waals surface area contributed by atoms with E-state index in [2.05, 4.69) is 34.8 Å². The Morgan fingerprint density at radius 1 is 0.800 bits per heavy atom. The molecule has 1 atom stereocenters. The quantitative estimate of drug-likeness (QED) is 0.172. The van der Waals surface area contributed by atoms with E-state index >= 15 is 0 Å². The molecule has 0 fully saturated rings. The van der Waals surface area contributed by atoms with Crippen LogP contribution in [0.1, 0.15) is 113 Å². The number of amides is 3. The third-order valence-electron chi connectivity index (χ3n) is 4.75. The second-order valence-electron chi connectivity index (χ2n) is 11.1. The van der Waals surface area contributed by atoms with E-state index in [1.54, 1.807) is 41.5 Å². The summed E-state index contributed by atoms with van der Waals surface area (Å²) in [6.07, 6.45) is 7.82. The standard InChI is InChI=1S/C26H50N4O5/c1-9-10-11-12-13-16-20(2)19-21(31)27-17-14-15-18-28-22(29-23(32)34-25(3,4)5)30-24(33)35-26(6,7)8/h20H,9-19H2,1-8H3,(H,27,31)(H2,28,29,30,32,33)/t20-/m0/s1. The van der Waals surface area contributed by atoms with Crippen molar-refractivity contribution in [3.63, 3.8) is 0 Å². The van der Waals surface area contributed by atoms with Gasteiger partial charge in [-0.1, -0.05) is 52.4 Å². The van der Waals surface area contributed by atoms with Crippen LogP contribution in [0.4, 0.5) is 9.59 Å². The second kappa shape index (κ2) is 17.2. The maximum atomic E-state index is 12.1. The van der Waals surface area contributed by atoms with E-state index in [1.807, 2.05) is 0 Å². The first-order chi connectivity index (χ1) is 16.2. The SMILES string of the molecule is CCCCCCC[C@H](C)CC(=O)NCCCCN=C(NC(=O)OC(C)(C)C)NC(=O)OC(C)(C)C. The first-order valence-electron chi connectivity index (χ1n) is 13.0. The molecule has 9 nitrogen and oxygen atoms in total. The number of carbonyl (C=O) groups excluding carboxylic acids is 3. The van der Waals surface area contributed by atoms with Gasteiger partial charge in [0.25, 0.3) is 0 Å². The highest BCUT2D eigenvalue weighted by Crippen LogP contribution is 2.14. The molecule has 204 valence electrons. The van der Waals surface area contributed by atoms with Gasteiger partial charge in [-0.05, 0) is 60.3 Å². The highest BCUT2D eigenvalue weighted by molar-refractivity contribution is 6.01. The van der Waals surface area contributed by atoms with Gasteiger partial charge in [-0.25, -0.2) is 9.59 Å². The maximum Gasteiger partial charge on any atom is 0.414 e. The number of carbonyl (C=O) groups is 3. The molecule has 0 aromatic carbocycles. The topological polar surface area (TPSA) is 118 Å². The minimum Gasteiger partial charge on any atom is -0.444 e. The lowest BCUT2D eigenvalue weighted by Gasteiger charge is -2.22. The van der Waals surface area contributed by atoms with E-state index in [0.717, 1.165) is 12.8 Å². The van der Waals surface area contributed by atoms with Gasteiger partial charge in [0.05, 0.1) is 0 Å². The summed E-state index contributed by atoms with van der Waals surface area (Å²) in [5.41, 5.74) is -1.38. The number of aliphatic imine (C=N–C) groups is 1. The predicted molar refractivity (Wildman–Crippen MR) is 140 cm³/mol. The third-order valence-corrected chi connectivity index (χ3v) is 4.75. The molecule has 0 aromatic heterocycles. The van der Waals surface area contributed by atoms with Crippen molar-refractivity contribution in [2.75, 3.05) is 13.1 Å². The van der Waals surface area contributed by atoms with Crippen molar-refractivity contribution in [3.8, 4) is 0 Å². The van der Waals surface area contributed by atoms with Gasteiger partial charge in [-0.3, -0.25) is 20.4 Å². The lowest BCUT2D eigenvalue weighted by Crippen LogP contribution is -2.47. The Hall–Kier alpha value is -2.32. The summed E-state index contributed by atoms with van der Waals surface area (Å²) in [4.78, 5) is 40.6. The van der Waals surface area contributed by atoms with Crippen molar-refractivity contribution in [2.45, 2.75) is 124 Å². The Labute approximate surface area is 212 Å². The largest absolute Gasteiger partial charge is 0.444 e. The summed E-state index contributed by atoms with van der Waals surface area (Å²) >= 11 is 0. The highest BCUT2D eigenvalue weighted by Gasteiger charge is 2.21. The molecule has 0 aliphatic carbocycles. The number of hydrogen-bond acceptors (Lipinski definition) is 6. The van der Waals surface area contributed by atoms with Crippen LogP contribution in [0.3, 0.4) is 0 Å². The van der Waals surface area contributed by atoms with Crippen molar-refractivity contribution in [2.24, 2.45) is 10.9 Å². The van der Waals surface area contributed by atoms with Gasteiger partial charge in [0.2, 0.25) is 11.9 Å². The number of guanidine groups is 1. The number of alkyl carbamates (subject to hydrolysis) is 2. The number of nitrogens with one attached hydrogen (secondary N) is 3. The molecule has 3 amide bonds. The number of hydrogen-bond donors (Lipinski definition) is 3. The normalized spacial score (nSPS) is 12.3. The average Bonchev–Trinajstić information content (AvgIpc) is 2.67. The smallest absolute Gasteiger partial charge is 0.414 e. The molecule has 35 heavy (non-hydrogen) atoms. The van der Waals surface area contributed by atoms with E-state index in [9.17, 15) is 14.4 Å². The number of ether oxygens (including phenoxy) is 2. The van der Waals surface area contributed by atoms with Crippen LogP contribution in [0.2, 0.25) is 0 Å². The minimum atomic E-state index is -0.723. The van der Waals surface area contributed by atoms with Crippen LogP contribution in [0.15, 0.2) is 4.99 Å². The summed E-state index contributed by atoms with van der Waals surface area (Å²) in [6.45, 7) is 15.7. The predicted octanol–water partition coefficient (Wildman–Crippen LogP) is 5.67. The molecular formula is C26H50N4O5. The Morgan fingerprint density at radius 3 is 1.86 bits per heavy atom. The first-order valence-corrected chi connectivity index (χ1v) is 13.0. The van der Waals surface area contributed by atoms with Crippen LogP contribution in [0.5, 0.6) is 0 Å². The van der Waals surface area contributed by atoms with Crippen LogP contribution >= 0.6 is 0 Å². The van der Waals surface area contributed by atoms with Crippen LogP contribution in [-0.2, 0) is 14.3 Å². The van der Waals surface area contributed by atoms with Crippen molar-refractivity contribution in [1.29, 1.82) is 0 Å². The molecular weight excluding hydrogens is 448 g/mol. The van der Waals surface area contributed by atoms with Gasteiger partial charge < -0.3 is 14.8 Å². The second-order valence-corrected chi connectivity index (χ2v) is 11.1. The van der Waals surface area contributed by atoms with Gasteiger partial charge in [-0.2, -0.15) is 0 Å². The summed E-state index contributed by atoms with van der Waals surface area (Å²) in [7, 11) is 0. The molecule has 0 saturated carbocycles. The number of unbranched alkanes of at least 4 members (excludes halogenated alkanes) is 5. The summed E-state index contributed by atoms with van der Waals surface area (Å²) in [6, 6.07) is 0. The summed E-state index contributed by atoms with van der Waals surface area (Å²) in [5.74, 6) is 0.431. The van der Waals surface area contributed by atoms with E-state index in [1.165, 1.54) is 32.1 Å². The first kappa shape index (κ1) is 32.7. The molecule has 0 heterocycles. The average molecular weight is 499 g/mol. The van der Waals surface area contributed by atoms with Crippen molar-refractivity contribution in [1.82, 2.24) is 16.0 Å². The van der Waals surface area contributed by atoms with E-state index < -0.39 is 23.4 Å². The molecule has 3 N–H and O–H groups in total. The van der Waals surface area contributed by atoms with Crippen molar-refractivity contribution in [3.05, 3.63) is 0 Å². The van der Waals surface area contributed by atoms with Crippen LogP contribution in [0.25, 0.3) is 0 Å². The molecule has 0 aliphatic heterocycles. The van der Waals surface area contributed by atoms with Gasteiger partial charge >= 0.3 is 12.2 Å². The fourth-order valence-electron chi connectivity index (χ4n) is 3.15. The van der Waals surface area contributed by atoms with Crippen LogP contribution < -0.4 is 16.0 Å². The zero-order chi connectivity index (χ0) is 26.9. The van der Waals surface area contributed by atoms with Gasteiger partial charge in [0, 0.05) is 19.5 Å². The number of nitrogens with zero attached hydrogens (tertiary/aromatic N) is 1. The van der Waals surface area contributed by atoms with Gasteiger partial charge in [-0.15, -0.1) is 0 Å². The van der Waals surface area contributed by atoms with E-state index in [0.29, 0.717) is 31.8 Å². The third kappa shape index (κ3) is 21.9. The fraction of sp³-hybridized carbons (Fsp3) is 0.846. The maximum absolute atomic E-state index is 12.1. The summed E-state index contributed by atoms with van der Waals surface area (Å²) in [5, 5.41) is 7.87. The zero-order valence-electron chi connectivity index (χ0n) is 23.3. The Bertz CT molecular complexity index is 634. The monoisotopic (exact) mass is 498 g/mol. The summed E-state index contributed by atoms with van der Waals surface area (Å²) < 4.78 is 10.4. The van der Waals surface area contributed by atoms with Crippen LogP contribution in [-0.4, -0.2) is 48.3 Å². The Morgan fingerprint density at radius 2 is 1.34 bits per heavy atom. The highest BCUT2D eigenvalue weighted by atomic mass is 16.6. The fourth-order valence-corrected chi connectivity index (χ4v) is 3.15. The number of rotatable bonds is 13. The van der Waals surface area contributed by atoms with E-state index in [4.69, 9.17) is 9.47 Å².